The highest BCUT2D eigenvalue weighted by molar-refractivity contribution is 7.14. The van der Waals surface area contributed by atoms with E-state index in [1.54, 1.807) is 23.6 Å². The fourth-order valence-corrected chi connectivity index (χ4v) is 5.51. The van der Waals surface area contributed by atoms with Crippen LogP contribution in [0.4, 0.5) is 17.2 Å². The molecule has 11 heteroatoms. The van der Waals surface area contributed by atoms with Crippen molar-refractivity contribution in [2.45, 2.75) is 19.4 Å². The van der Waals surface area contributed by atoms with Gasteiger partial charge in [-0.15, -0.1) is 11.3 Å². The molecule has 2 aliphatic rings. The van der Waals surface area contributed by atoms with Crippen LogP contribution in [0, 0.1) is 5.92 Å². The molecule has 1 amide bonds. The number of carbonyl (C=O) groups is 1. The number of carbonyl (C=O) groups excluding carboxylic acids is 1. The van der Waals surface area contributed by atoms with Gasteiger partial charge in [-0.25, -0.2) is 9.97 Å². The monoisotopic (exact) mass is 508 g/mol. The molecule has 0 atom stereocenters. The number of piperidine rings is 1. The van der Waals surface area contributed by atoms with E-state index >= 15 is 0 Å². The molecule has 10 nitrogen and oxygen atoms in total. The Bertz CT molecular complexity index is 1170. The number of aromatic nitrogens is 3. The molecule has 3 aromatic rings. The van der Waals surface area contributed by atoms with Crippen LogP contribution in [0.25, 0.3) is 10.7 Å². The molecule has 2 saturated heterocycles. The first kappa shape index (κ1) is 24.4. The van der Waals surface area contributed by atoms with Gasteiger partial charge in [-0.2, -0.15) is 0 Å². The van der Waals surface area contributed by atoms with Crippen molar-refractivity contribution in [2.24, 2.45) is 5.92 Å². The van der Waals surface area contributed by atoms with Gasteiger partial charge in [0.2, 0.25) is 0 Å². The molecule has 0 bridgehead atoms. The van der Waals surface area contributed by atoms with Crippen LogP contribution in [-0.4, -0.2) is 71.7 Å². The zero-order valence-corrected chi connectivity index (χ0v) is 21.0. The highest BCUT2D eigenvalue weighted by Crippen LogP contribution is 2.29. The Morgan fingerprint density at radius 3 is 2.69 bits per heavy atom. The quantitative estimate of drug-likeness (QED) is 0.439. The van der Waals surface area contributed by atoms with E-state index in [1.807, 2.05) is 29.3 Å². The van der Waals surface area contributed by atoms with Crippen LogP contribution < -0.4 is 21.7 Å². The largest absolute Gasteiger partial charge is 0.397 e. The maximum atomic E-state index is 12.9. The molecule has 0 unspecified atom stereocenters. The van der Waals surface area contributed by atoms with Crippen LogP contribution in [0.1, 0.15) is 28.2 Å². The van der Waals surface area contributed by atoms with Gasteiger partial charge in [0, 0.05) is 43.4 Å². The number of morpholine rings is 1. The van der Waals surface area contributed by atoms with Crippen molar-refractivity contribution in [3.05, 3.63) is 47.2 Å². The smallest absolute Gasteiger partial charge is 0.270 e. The summed E-state index contributed by atoms with van der Waals surface area (Å²) < 4.78 is 5.41. The second-order valence-electron chi connectivity index (χ2n) is 9.21. The van der Waals surface area contributed by atoms with Crippen LogP contribution >= 0.6 is 11.3 Å². The maximum Gasteiger partial charge on any atom is 0.270 e. The van der Waals surface area contributed by atoms with Crippen molar-refractivity contribution in [2.75, 3.05) is 62.3 Å². The minimum atomic E-state index is -0.217. The summed E-state index contributed by atoms with van der Waals surface area (Å²) in [5.41, 5.74) is 14.3. The molecule has 2 aliphatic heterocycles. The van der Waals surface area contributed by atoms with E-state index in [0.29, 0.717) is 61.7 Å². The standard InChI is InChI=1S/C25H32N8O2S/c26-19-13-21(31-23(22(19)27)33-9-11-35-12-10-33)24(34)29-14-17-4-7-32(8-5-17)16-18-15-30-25(36-18)20-3-1-2-6-28-20/h1-3,6,13,15,17H,4-5,7-12,14,16,27H2,(H2,26,31)(H,29,34). The van der Waals surface area contributed by atoms with Gasteiger partial charge >= 0.3 is 0 Å². The van der Waals surface area contributed by atoms with E-state index < -0.39 is 0 Å². The molecule has 3 aromatic heterocycles. The Balaban J connectivity index is 1.11. The Kier molecular flexibility index (Phi) is 7.59. The highest BCUT2D eigenvalue weighted by Gasteiger charge is 2.23. The second kappa shape index (κ2) is 11.2. The predicted molar refractivity (Wildman–Crippen MR) is 142 cm³/mol. The lowest BCUT2D eigenvalue weighted by Gasteiger charge is -2.31. The number of nitrogens with zero attached hydrogens (tertiary/aromatic N) is 5. The zero-order chi connectivity index (χ0) is 24.9. The number of thiazole rings is 1. The number of amides is 1. The molecule has 5 rings (SSSR count). The van der Waals surface area contributed by atoms with Crippen molar-refractivity contribution in [3.63, 3.8) is 0 Å². The van der Waals surface area contributed by atoms with E-state index in [0.717, 1.165) is 43.2 Å². The highest BCUT2D eigenvalue weighted by atomic mass is 32.1. The molecule has 5 heterocycles. The first-order valence-corrected chi connectivity index (χ1v) is 13.1. The van der Waals surface area contributed by atoms with Gasteiger partial charge in [0.1, 0.15) is 10.7 Å². The fraction of sp³-hybridized carbons (Fsp3) is 0.440. The van der Waals surface area contributed by atoms with Crippen molar-refractivity contribution in [1.82, 2.24) is 25.2 Å². The summed E-state index contributed by atoms with van der Waals surface area (Å²) in [6, 6.07) is 7.44. The zero-order valence-electron chi connectivity index (χ0n) is 20.2. The molecule has 0 spiro atoms. The second-order valence-corrected chi connectivity index (χ2v) is 10.3. The van der Waals surface area contributed by atoms with E-state index in [9.17, 15) is 4.79 Å². The molecule has 0 radical (unpaired) electrons. The summed E-state index contributed by atoms with van der Waals surface area (Å²) in [6.45, 7) is 6.04. The number of hydrogen-bond donors (Lipinski definition) is 3. The minimum Gasteiger partial charge on any atom is -0.397 e. The van der Waals surface area contributed by atoms with Crippen LogP contribution in [0.3, 0.4) is 0 Å². The third-order valence-electron chi connectivity index (χ3n) is 6.69. The first-order valence-electron chi connectivity index (χ1n) is 12.3. The van der Waals surface area contributed by atoms with E-state index in [4.69, 9.17) is 16.2 Å². The first-order chi connectivity index (χ1) is 17.6. The summed E-state index contributed by atoms with van der Waals surface area (Å²) in [5, 5.41) is 4.01. The number of nitrogens with one attached hydrogen (secondary N) is 1. The Morgan fingerprint density at radius 2 is 1.94 bits per heavy atom. The number of anilines is 3. The summed E-state index contributed by atoms with van der Waals surface area (Å²) in [7, 11) is 0. The van der Waals surface area contributed by atoms with Crippen molar-refractivity contribution < 1.29 is 9.53 Å². The van der Waals surface area contributed by atoms with Gasteiger partial charge < -0.3 is 26.4 Å². The number of likely N-dealkylation sites (tertiary alicyclic amines) is 1. The van der Waals surface area contributed by atoms with Gasteiger partial charge in [-0.05, 0) is 50.0 Å². The van der Waals surface area contributed by atoms with Gasteiger partial charge in [0.25, 0.3) is 5.91 Å². The Hall–Kier alpha value is -3.28. The Morgan fingerprint density at radius 1 is 1.14 bits per heavy atom. The van der Waals surface area contributed by atoms with Crippen LogP contribution in [0.2, 0.25) is 0 Å². The van der Waals surface area contributed by atoms with E-state index in [-0.39, 0.29) is 5.91 Å². The topological polar surface area (TPSA) is 136 Å². The number of nitrogen functional groups attached to an aromatic ring is 2. The van der Waals surface area contributed by atoms with E-state index in [1.165, 1.54) is 4.88 Å². The fourth-order valence-electron chi connectivity index (χ4n) is 4.58. The maximum absolute atomic E-state index is 12.9. The lowest BCUT2D eigenvalue weighted by atomic mass is 9.96. The average molecular weight is 509 g/mol. The minimum absolute atomic E-state index is 0.217. The van der Waals surface area contributed by atoms with Crippen LogP contribution in [-0.2, 0) is 11.3 Å². The molecule has 2 fully saturated rings. The predicted octanol–water partition coefficient (Wildman–Crippen LogP) is 2.24. The average Bonchev–Trinajstić information content (AvgIpc) is 3.39. The lowest BCUT2D eigenvalue weighted by Crippen LogP contribution is -2.39. The summed E-state index contributed by atoms with van der Waals surface area (Å²) >= 11 is 1.70. The van der Waals surface area contributed by atoms with E-state index in [2.05, 4.69) is 25.2 Å². The third-order valence-corrected chi connectivity index (χ3v) is 7.69. The third kappa shape index (κ3) is 5.75. The van der Waals surface area contributed by atoms with Crippen LogP contribution in [0.5, 0.6) is 0 Å². The van der Waals surface area contributed by atoms with Gasteiger partial charge in [-0.1, -0.05) is 6.07 Å². The molecule has 0 aliphatic carbocycles. The number of rotatable bonds is 7. The van der Waals surface area contributed by atoms with Crippen molar-refractivity contribution in [1.29, 1.82) is 0 Å². The van der Waals surface area contributed by atoms with Crippen molar-refractivity contribution in [3.8, 4) is 10.7 Å². The molecular formula is C25H32N8O2S. The molecule has 190 valence electrons. The van der Waals surface area contributed by atoms with Crippen LogP contribution in [0.15, 0.2) is 36.7 Å². The number of pyridine rings is 2. The summed E-state index contributed by atoms with van der Waals surface area (Å²) in [4.78, 5) is 32.1. The molecular weight excluding hydrogens is 476 g/mol. The normalized spacial score (nSPS) is 17.3. The molecule has 5 N–H and O–H groups in total. The SMILES string of the molecule is Nc1cc(C(=O)NCC2CCN(Cc3cnc(-c4ccccn4)s3)CC2)nc(N2CCOCC2)c1N. The summed E-state index contributed by atoms with van der Waals surface area (Å²) in [5.74, 6) is 0.775. The molecule has 0 aromatic carbocycles. The number of hydrogen-bond acceptors (Lipinski definition) is 10. The van der Waals surface area contributed by atoms with Crippen molar-refractivity contribution >= 4 is 34.4 Å². The number of ether oxygens (including phenoxy) is 1. The van der Waals surface area contributed by atoms with Gasteiger partial charge in [-0.3, -0.25) is 14.7 Å². The summed E-state index contributed by atoms with van der Waals surface area (Å²) in [6.07, 6.45) is 5.81. The lowest BCUT2D eigenvalue weighted by molar-refractivity contribution is 0.0930. The number of nitrogens with two attached hydrogens (primary N) is 2. The Labute approximate surface area is 214 Å². The van der Waals surface area contributed by atoms with Gasteiger partial charge in [0.15, 0.2) is 5.82 Å². The molecule has 36 heavy (non-hydrogen) atoms. The van der Waals surface area contributed by atoms with Gasteiger partial charge in [0.05, 0.1) is 30.3 Å². The molecule has 0 saturated carbocycles.